The van der Waals surface area contributed by atoms with Crippen LogP contribution in [-0.4, -0.2) is 67.9 Å². The third-order valence-electron chi connectivity index (χ3n) is 4.96. The molecule has 1 heterocycles. The molecule has 7 heteroatoms. The zero-order chi connectivity index (χ0) is 20.5. The van der Waals surface area contributed by atoms with Crippen LogP contribution in [0.15, 0.2) is 24.3 Å². The zero-order valence-corrected chi connectivity index (χ0v) is 17.1. The highest BCUT2D eigenvalue weighted by Gasteiger charge is 2.27. The molecule has 154 valence electrons. The Hall–Kier alpha value is -2.57. The molecule has 1 aromatic carbocycles. The molecular weight excluding hydrogens is 358 g/mol. The Labute approximate surface area is 167 Å². The molecule has 0 aliphatic carbocycles. The quantitative estimate of drug-likeness (QED) is 0.687. The molecule has 7 nitrogen and oxygen atoms in total. The van der Waals surface area contributed by atoms with Gasteiger partial charge in [-0.3, -0.25) is 14.4 Å². The van der Waals surface area contributed by atoms with Crippen molar-refractivity contribution < 1.29 is 19.1 Å². The Morgan fingerprint density at radius 3 is 2.57 bits per heavy atom. The van der Waals surface area contributed by atoms with Crippen molar-refractivity contribution in [1.82, 2.24) is 9.80 Å². The van der Waals surface area contributed by atoms with E-state index in [2.05, 4.69) is 5.32 Å². The second kappa shape index (κ2) is 10.7. The minimum atomic E-state index is -0.155. The third kappa shape index (κ3) is 6.55. The van der Waals surface area contributed by atoms with Crippen molar-refractivity contribution in [2.24, 2.45) is 5.92 Å². The Morgan fingerprint density at radius 2 is 1.93 bits per heavy atom. The SMILES string of the molecule is CCOC(=O)C1CCN(C(=O)CNc2cccc(CCC(=O)N(C)C)c2)CC1. The highest BCUT2D eigenvalue weighted by Crippen LogP contribution is 2.19. The minimum Gasteiger partial charge on any atom is -0.466 e. The molecule has 0 radical (unpaired) electrons. The molecule has 1 saturated heterocycles. The molecule has 1 fully saturated rings. The summed E-state index contributed by atoms with van der Waals surface area (Å²) in [5, 5.41) is 3.17. The standard InChI is InChI=1S/C21H31N3O4/c1-4-28-21(27)17-10-12-24(13-11-17)20(26)15-22-18-7-5-6-16(14-18)8-9-19(25)23(2)3/h5-7,14,17,22H,4,8-13,15H2,1-3H3. The van der Waals surface area contributed by atoms with Crippen LogP contribution >= 0.6 is 0 Å². The van der Waals surface area contributed by atoms with Crippen LogP contribution in [0.1, 0.15) is 31.7 Å². The molecule has 1 aromatic rings. The zero-order valence-electron chi connectivity index (χ0n) is 17.1. The normalized spacial score (nSPS) is 14.5. The van der Waals surface area contributed by atoms with E-state index in [1.807, 2.05) is 24.3 Å². The number of carbonyl (C=O) groups excluding carboxylic acids is 3. The van der Waals surface area contributed by atoms with Crippen LogP contribution in [0.5, 0.6) is 0 Å². The molecule has 0 spiro atoms. The second-order valence-corrected chi connectivity index (χ2v) is 7.25. The topological polar surface area (TPSA) is 79.0 Å². The Bertz CT molecular complexity index is 682. The lowest BCUT2D eigenvalue weighted by atomic mass is 9.97. The van der Waals surface area contributed by atoms with Crippen LogP contribution in [0.25, 0.3) is 0 Å². The fourth-order valence-electron chi connectivity index (χ4n) is 3.23. The minimum absolute atomic E-state index is 0.0236. The van der Waals surface area contributed by atoms with Gasteiger partial charge in [-0.05, 0) is 43.9 Å². The first-order valence-electron chi connectivity index (χ1n) is 9.88. The van der Waals surface area contributed by atoms with E-state index in [1.54, 1.807) is 30.8 Å². The number of anilines is 1. The van der Waals surface area contributed by atoms with E-state index in [-0.39, 0.29) is 30.2 Å². The number of piperidine rings is 1. The summed E-state index contributed by atoms with van der Waals surface area (Å²) in [4.78, 5) is 39.3. The average Bonchev–Trinajstić information content (AvgIpc) is 2.70. The molecule has 1 aliphatic heterocycles. The number of likely N-dealkylation sites (tertiary alicyclic amines) is 1. The number of nitrogens with one attached hydrogen (secondary N) is 1. The lowest BCUT2D eigenvalue weighted by Crippen LogP contribution is -2.43. The number of carbonyl (C=O) groups is 3. The van der Waals surface area contributed by atoms with Crippen LogP contribution in [-0.2, 0) is 25.5 Å². The lowest BCUT2D eigenvalue weighted by Gasteiger charge is -2.31. The number of nitrogens with zero attached hydrogens (tertiary/aromatic N) is 2. The van der Waals surface area contributed by atoms with E-state index >= 15 is 0 Å². The van der Waals surface area contributed by atoms with E-state index in [4.69, 9.17) is 4.74 Å². The lowest BCUT2D eigenvalue weighted by molar-refractivity contribution is -0.151. The van der Waals surface area contributed by atoms with Gasteiger partial charge in [-0.15, -0.1) is 0 Å². The van der Waals surface area contributed by atoms with E-state index in [9.17, 15) is 14.4 Å². The van der Waals surface area contributed by atoms with Crippen molar-refractivity contribution in [3.63, 3.8) is 0 Å². The molecule has 0 unspecified atom stereocenters. The molecule has 0 aromatic heterocycles. The molecule has 28 heavy (non-hydrogen) atoms. The van der Waals surface area contributed by atoms with Gasteiger partial charge < -0.3 is 19.9 Å². The van der Waals surface area contributed by atoms with E-state index in [1.165, 1.54) is 0 Å². The molecule has 1 aliphatic rings. The molecule has 0 atom stereocenters. The van der Waals surface area contributed by atoms with Crippen LogP contribution < -0.4 is 5.32 Å². The summed E-state index contributed by atoms with van der Waals surface area (Å²) in [5.74, 6) is -0.133. The van der Waals surface area contributed by atoms with E-state index in [0.717, 1.165) is 11.3 Å². The predicted octanol–water partition coefficient (Wildman–Crippen LogP) is 1.92. The summed E-state index contributed by atoms with van der Waals surface area (Å²) in [6.45, 7) is 3.57. The third-order valence-corrected chi connectivity index (χ3v) is 4.96. The number of benzene rings is 1. The van der Waals surface area contributed by atoms with E-state index < -0.39 is 0 Å². The van der Waals surface area contributed by atoms with Crippen LogP contribution in [0.3, 0.4) is 0 Å². The fourth-order valence-corrected chi connectivity index (χ4v) is 3.23. The Morgan fingerprint density at radius 1 is 1.21 bits per heavy atom. The van der Waals surface area contributed by atoms with Crippen molar-refractivity contribution in [3.05, 3.63) is 29.8 Å². The molecule has 2 amide bonds. The highest BCUT2D eigenvalue weighted by molar-refractivity contribution is 5.81. The number of hydrogen-bond acceptors (Lipinski definition) is 5. The number of esters is 1. The smallest absolute Gasteiger partial charge is 0.309 e. The van der Waals surface area contributed by atoms with Crippen molar-refractivity contribution in [2.45, 2.75) is 32.6 Å². The number of amides is 2. The Balaban J connectivity index is 1.78. The summed E-state index contributed by atoms with van der Waals surface area (Å²) in [7, 11) is 3.50. The van der Waals surface area contributed by atoms with Gasteiger partial charge in [-0.1, -0.05) is 12.1 Å². The van der Waals surface area contributed by atoms with Gasteiger partial charge in [0, 0.05) is 39.3 Å². The largest absolute Gasteiger partial charge is 0.466 e. The molecule has 2 rings (SSSR count). The summed E-state index contributed by atoms with van der Waals surface area (Å²) in [5.41, 5.74) is 1.92. The van der Waals surface area contributed by atoms with Crippen LogP contribution in [0.2, 0.25) is 0 Å². The van der Waals surface area contributed by atoms with Gasteiger partial charge in [-0.25, -0.2) is 0 Å². The van der Waals surface area contributed by atoms with Crippen molar-refractivity contribution in [3.8, 4) is 0 Å². The number of rotatable bonds is 8. The first-order valence-corrected chi connectivity index (χ1v) is 9.88. The van der Waals surface area contributed by atoms with Gasteiger partial charge in [0.15, 0.2) is 0 Å². The van der Waals surface area contributed by atoms with Gasteiger partial charge >= 0.3 is 5.97 Å². The monoisotopic (exact) mass is 389 g/mol. The van der Waals surface area contributed by atoms with Gasteiger partial charge in [0.05, 0.1) is 19.1 Å². The number of hydrogen-bond donors (Lipinski definition) is 1. The number of ether oxygens (including phenoxy) is 1. The van der Waals surface area contributed by atoms with Gasteiger partial charge in [0.1, 0.15) is 0 Å². The summed E-state index contributed by atoms with van der Waals surface area (Å²) < 4.78 is 5.06. The molecule has 1 N–H and O–H groups in total. The highest BCUT2D eigenvalue weighted by atomic mass is 16.5. The summed E-state index contributed by atoms with van der Waals surface area (Å²) >= 11 is 0. The summed E-state index contributed by atoms with van der Waals surface area (Å²) in [6, 6.07) is 7.80. The first kappa shape index (κ1) is 21.7. The van der Waals surface area contributed by atoms with Crippen LogP contribution in [0.4, 0.5) is 5.69 Å². The van der Waals surface area contributed by atoms with Gasteiger partial charge in [0.25, 0.3) is 0 Å². The van der Waals surface area contributed by atoms with Gasteiger partial charge in [0.2, 0.25) is 11.8 Å². The molecular formula is C21H31N3O4. The fraction of sp³-hybridized carbons (Fsp3) is 0.571. The maximum Gasteiger partial charge on any atom is 0.309 e. The maximum atomic E-state index is 12.4. The molecule has 0 saturated carbocycles. The molecule has 0 bridgehead atoms. The summed E-state index contributed by atoms with van der Waals surface area (Å²) in [6.07, 6.45) is 2.44. The number of aryl methyl sites for hydroxylation is 1. The van der Waals surface area contributed by atoms with Gasteiger partial charge in [-0.2, -0.15) is 0 Å². The second-order valence-electron chi connectivity index (χ2n) is 7.25. The average molecular weight is 389 g/mol. The Kier molecular flexibility index (Phi) is 8.29. The van der Waals surface area contributed by atoms with Crippen molar-refractivity contribution in [2.75, 3.05) is 45.7 Å². The van der Waals surface area contributed by atoms with Crippen molar-refractivity contribution >= 4 is 23.5 Å². The van der Waals surface area contributed by atoms with Crippen molar-refractivity contribution in [1.29, 1.82) is 0 Å². The van der Waals surface area contributed by atoms with E-state index in [0.29, 0.717) is 45.4 Å². The van der Waals surface area contributed by atoms with Crippen LogP contribution in [0, 0.1) is 5.92 Å². The maximum absolute atomic E-state index is 12.4. The first-order chi connectivity index (χ1) is 13.4. The predicted molar refractivity (Wildman–Crippen MR) is 108 cm³/mol.